The highest BCUT2D eigenvalue weighted by Gasteiger charge is 2.41. The molecule has 1 fully saturated rings. The molecule has 1 aliphatic carbocycles. The molecule has 0 radical (unpaired) electrons. The lowest BCUT2D eigenvalue weighted by Gasteiger charge is -2.40. The van der Waals surface area contributed by atoms with Crippen molar-refractivity contribution in [2.75, 3.05) is 5.73 Å². The van der Waals surface area contributed by atoms with Crippen LogP contribution in [0.1, 0.15) is 31.5 Å². The summed E-state index contributed by atoms with van der Waals surface area (Å²) in [5, 5.41) is 9.80. The molecule has 17 heavy (non-hydrogen) atoms. The van der Waals surface area contributed by atoms with Gasteiger partial charge in [0, 0.05) is 5.92 Å². The first kappa shape index (κ1) is 11.0. The number of hydrogen-bond acceptors (Lipinski definition) is 4. The lowest BCUT2D eigenvalue weighted by Crippen LogP contribution is -2.40. The quantitative estimate of drug-likeness (QED) is 0.840. The minimum absolute atomic E-state index is 0.258. The Balaban J connectivity index is 2.12. The maximum Gasteiger partial charge on any atom is 0.133 e. The van der Waals surface area contributed by atoms with Crippen molar-refractivity contribution in [2.24, 2.45) is 0 Å². The van der Waals surface area contributed by atoms with E-state index in [0.717, 1.165) is 28.8 Å². The second kappa shape index (κ2) is 3.43. The lowest BCUT2D eigenvalue weighted by molar-refractivity contribution is -0.0335. The molecule has 0 spiro atoms. The van der Waals surface area contributed by atoms with E-state index in [0.29, 0.717) is 5.82 Å². The fourth-order valence-electron chi connectivity index (χ4n) is 2.51. The first-order valence-corrected chi connectivity index (χ1v) is 6.27. The molecule has 0 saturated heterocycles. The maximum absolute atomic E-state index is 9.80. The summed E-state index contributed by atoms with van der Waals surface area (Å²) in [5.74, 6) is 1.73. The van der Waals surface area contributed by atoms with E-state index in [2.05, 4.69) is 25.9 Å². The third-order valence-corrected chi connectivity index (χ3v) is 3.88. The molecule has 5 nitrogen and oxygen atoms in total. The molecule has 0 aliphatic heterocycles. The van der Waals surface area contributed by atoms with Crippen LogP contribution in [0.25, 0.3) is 5.52 Å². The van der Waals surface area contributed by atoms with Crippen molar-refractivity contribution in [1.29, 1.82) is 0 Å². The average molecular weight is 297 g/mol. The van der Waals surface area contributed by atoms with E-state index >= 15 is 0 Å². The van der Waals surface area contributed by atoms with E-state index in [4.69, 9.17) is 5.73 Å². The van der Waals surface area contributed by atoms with Gasteiger partial charge in [0.25, 0.3) is 0 Å². The third-order valence-electron chi connectivity index (χ3n) is 3.29. The van der Waals surface area contributed by atoms with Crippen LogP contribution in [-0.4, -0.2) is 25.1 Å². The smallest absolute Gasteiger partial charge is 0.133 e. The topological polar surface area (TPSA) is 76.4 Å². The number of fused-ring (bicyclic) bond motifs is 1. The van der Waals surface area contributed by atoms with E-state index in [9.17, 15) is 5.11 Å². The summed E-state index contributed by atoms with van der Waals surface area (Å²) in [7, 11) is 0. The highest BCUT2D eigenvalue weighted by atomic mass is 79.9. The van der Waals surface area contributed by atoms with Gasteiger partial charge in [0.2, 0.25) is 0 Å². The summed E-state index contributed by atoms with van der Waals surface area (Å²) >= 11 is 3.41. The fraction of sp³-hybridized carbons (Fsp3) is 0.455. The summed E-state index contributed by atoms with van der Waals surface area (Å²) in [5.41, 5.74) is 6.23. The molecular formula is C11H13BrN4O. The Morgan fingerprint density at radius 3 is 2.88 bits per heavy atom. The molecule has 90 valence electrons. The van der Waals surface area contributed by atoms with Crippen molar-refractivity contribution in [2.45, 2.75) is 31.3 Å². The largest absolute Gasteiger partial charge is 0.390 e. The average Bonchev–Trinajstić information content (AvgIpc) is 2.54. The first-order chi connectivity index (χ1) is 7.98. The molecule has 0 aromatic carbocycles. The molecule has 6 heteroatoms. The molecule has 2 aromatic heterocycles. The molecule has 2 heterocycles. The Morgan fingerprint density at radius 2 is 2.24 bits per heavy atom. The Kier molecular flexibility index (Phi) is 2.21. The molecule has 0 amide bonds. The van der Waals surface area contributed by atoms with Gasteiger partial charge in [0.15, 0.2) is 0 Å². The maximum atomic E-state index is 9.80. The number of anilines is 1. The van der Waals surface area contributed by atoms with Gasteiger partial charge in [-0.05, 0) is 35.7 Å². The zero-order valence-corrected chi connectivity index (χ0v) is 11.0. The Hall–Kier alpha value is -1.14. The van der Waals surface area contributed by atoms with Crippen molar-refractivity contribution in [3.8, 4) is 0 Å². The van der Waals surface area contributed by atoms with Crippen LogP contribution in [0.3, 0.4) is 0 Å². The predicted molar refractivity (Wildman–Crippen MR) is 67.7 cm³/mol. The number of nitrogens with two attached hydrogens (primary N) is 1. The van der Waals surface area contributed by atoms with Crippen molar-refractivity contribution >= 4 is 27.3 Å². The SMILES string of the molecule is CC1(O)CC(c2nc(Br)c3cncc(N)n23)C1. The molecule has 0 bridgehead atoms. The number of halogens is 1. The van der Waals surface area contributed by atoms with Crippen LogP contribution in [0.5, 0.6) is 0 Å². The van der Waals surface area contributed by atoms with Crippen LogP contribution < -0.4 is 5.73 Å². The number of aromatic nitrogens is 3. The number of aliphatic hydroxyl groups is 1. The molecule has 1 saturated carbocycles. The Labute approximate surface area is 107 Å². The second-order valence-corrected chi connectivity index (χ2v) is 5.67. The van der Waals surface area contributed by atoms with Gasteiger partial charge in [-0.15, -0.1) is 0 Å². The fourth-order valence-corrected chi connectivity index (χ4v) is 2.97. The van der Waals surface area contributed by atoms with Gasteiger partial charge >= 0.3 is 0 Å². The molecule has 2 aromatic rings. The Bertz CT molecular complexity index is 584. The molecule has 3 N–H and O–H groups in total. The van der Waals surface area contributed by atoms with E-state index in [1.54, 1.807) is 12.4 Å². The standard InChI is InChI=1S/C11H13BrN4O/c1-11(17)2-6(3-11)10-15-9(12)7-4-14-5-8(13)16(7)10/h4-6,17H,2-3,13H2,1H3. The molecule has 1 aliphatic rings. The zero-order valence-electron chi connectivity index (χ0n) is 9.39. The lowest BCUT2D eigenvalue weighted by atomic mass is 9.72. The molecular weight excluding hydrogens is 284 g/mol. The first-order valence-electron chi connectivity index (χ1n) is 5.48. The van der Waals surface area contributed by atoms with Gasteiger partial charge in [-0.2, -0.15) is 0 Å². The zero-order chi connectivity index (χ0) is 12.2. The van der Waals surface area contributed by atoms with Crippen LogP contribution in [0.15, 0.2) is 17.0 Å². The van der Waals surface area contributed by atoms with Crippen molar-refractivity contribution in [3.05, 3.63) is 22.8 Å². The van der Waals surface area contributed by atoms with Crippen molar-refractivity contribution in [1.82, 2.24) is 14.4 Å². The van der Waals surface area contributed by atoms with Crippen LogP contribution >= 0.6 is 15.9 Å². The Morgan fingerprint density at radius 1 is 1.53 bits per heavy atom. The predicted octanol–water partition coefficient (Wildman–Crippen LogP) is 1.70. The summed E-state index contributed by atoms with van der Waals surface area (Å²) in [6.45, 7) is 1.85. The van der Waals surface area contributed by atoms with E-state index in [1.807, 2.05) is 11.3 Å². The number of rotatable bonds is 1. The summed E-state index contributed by atoms with van der Waals surface area (Å²) in [6.07, 6.45) is 4.79. The number of nitrogens with zero attached hydrogens (tertiary/aromatic N) is 3. The minimum atomic E-state index is -0.565. The summed E-state index contributed by atoms with van der Waals surface area (Å²) < 4.78 is 2.65. The number of hydrogen-bond donors (Lipinski definition) is 2. The number of imidazole rings is 1. The van der Waals surface area contributed by atoms with E-state index in [1.165, 1.54) is 0 Å². The van der Waals surface area contributed by atoms with Crippen LogP contribution in [0.4, 0.5) is 5.82 Å². The summed E-state index contributed by atoms with van der Waals surface area (Å²) in [6, 6.07) is 0. The summed E-state index contributed by atoms with van der Waals surface area (Å²) in [4.78, 5) is 8.54. The van der Waals surface area contributed by atoms with Gasteiger partial charge < -0.3 is 10.8 Å². The third kappa shape index (κ3) is 1.63. The van der Waals surface area contributed by atoms with Crippen LogP contribution in [0, 0.1) is 0 Å². The highest BCUT2D eigenvalue weighted by molar-refractivity contribution is 9.10. The van der Waals surface area contributed by atoms with Gasteiger partial charge in [0.05, 0.1) is 23.5 Å². The van der Waals surface area contributed by atoms with Gasteiger partial charge in [-0.3, -0.25) is 9.38 Å². The van der Waals surface area contributed by atoms with Crippen molar-refractivity contribution in [3.63, 3.8) is 0 Å². The van der Waals surface area contributed by atoms with E-state index in [-0.39, 0.29) is 5.92 Å². The van der Waals surface area contributed by atoms with Gasteiger partial charge in [0.1, 0.15) is 16.2 Å². The highest BCUT2D eigenvalue weighted by Crippen LogP contribution is 2.44. The van der Waals surface area contributed by atoms with Crippen molar-refractivity contribution < 1.29 is 5.11 Å². The molecule has 0 unspecified atom stereocenters. The minimum Gasteiger partial charge on any atom is -0.390 e. The normalized spacial score (nSPS) is 28.3. The van der Waals surface area contributed by atoms with Crippen LogP contribution in [-0.2, 0) is 0 Å². The number of nitrogen functional groups attached to an aromatic ring is 1. The molecule has 3 rings (SSSR count). The second-order valence-electron chi connectivity index (χ2n) is 4.92. The van der Waals surface area contributed by atoms with E-state index < -0.39 is 5.60 Å². The van der Waals surface area contributed by atoms with Crippen LogP contribution in [0.2, 0.25) is 0 Å². The molecule has 0 atom stereocenters. The monoisotopic (exact) mass is 296 g/mol. The van der Waals surface area contributed by atoms with Gasteiger partial charge in [-0.1, -0.05) is 0 Å². The van der Waals surface area contributed by atoms with Gasteiger partial charge in [-0.25, -0.2) is 4.98 Å².